The number of nitrogens with zero attached hydrogens (tertiary/aromatic N) is 5. The van der Waals surface area contributed by atoms with Crippen molar-refractivity contribution >= 4 is 29.0 Å². The molecule has 5 rings (SSSR count). The molecule has 1 fully saturated rings. The molecule has 1 saturated heterocycles. The normalized spacial score (nSPS) is 15.6. The van der Waals surface area contributed by atoms with E-state index < -0.39 is 0 Å². The number of hydrogen-bond donors (Lipinski definition) is 2. The van der Waals surface area contributed by atoms with Crippen LogP contribution in [0.1, 0.15) is 22.4 Å². The van der Waals surface area contributed by atoms with E-state index >= 15 is 0 Å². The summed E-state index contributed by atoms with van der Waals surface area (Å²) in [5.74, 6) is 0.273. The molecule has 0 radical (unpaired) electrons. The fourth-order valence-corrected chi connectivity index (χ4v) is 4.29. The lowest BCUT2D eigenvalue weighted by Crippen LogP contribution is -2.43. The second-order valence-electron chi connectivity index (χ2n) is 8.78. The zero-order chi connectivity index (χ0) is 22.8. The molecule has 3 heterocycles. The van der Waals surface area contributed by atoms with Crippen molar-refractivity contribution in [1.29, 1.82) is 0 Å². The third-order valence-electron chi connectivity index (χ3n) is 6.30. The van der Waals surface area contributed by atoms with E-state index in [2.05, 4.69) is 92.5 Å². The van der Waals surface area contributed by atoms with Gasteiger partial charge in [-0.1, -0.05) is 30.3 Å². The SMILES string of the molecule is Cc1cc2c(/C=C/c3ccc(CN4CCN(C)CC4)cc3)n[nH]c2cc1-c1ccnc(N)n1. The third-order valence-corrected chi connectivity index (χ3v) is 6.30. The first-order valence-corrected chi connectivity index (χ1v) is 11.3. The lowest BCUT2D eigenvalue weighted by Gasteiger charge is -2.32. The smallest absolute Gasteiger partial charge is 0.220 e. The molecule has 7 nitrogen and oxygen atoms in total. The number of nitrogens with one attached hydrogen (secondary N) is 1. The van der Waals surface area contributed by atoms with E-state index in [1.165, 1.54) is 5.56 Å². The molecule has 7 heteroatoms. The summed E-state index contributed by atoms with van der Waals surface area (Å²) in [7, 11) is 2.19. The number of aryl methyl sites for hydroxylation is 1. The van der Waals surface area contributed by atoms with E-state index in [-0.39, 0.29) is 5.95 Å². The molecule has 1 aliphatic rings. The summed E-state index contributed by atoms with van der Waals surface area (Å²) in [5.41, 5.74) is 13.1. The number of aromatic nitrogens is 4. The van der Waals surface area contributed by atoms with Crippen LogP contribution in [0, 0.1) is 6.92 Å². The van der Waals surface area contributed by atoms with Gasteiger partial charge in [0.25, 0.3) is 0 Å². The van der Waals surface area contributed by atoms with Crippen LogP contribution in [0.4, 0.5) is 5.95 Å². The topological polar surface area (TPSA) is 87.0 Å². The summed E-state index contributed by atoms with van der Waals surface area (Å²) in [6.45, 7) is 7.65. The van der Waals surface area contributed by atoms with Crippen LogP contribution in [-0.2, 0) is 6.54 Å². The zero-order valence-electron chi connectivity index (χ0n) is 19.1. The van der Waals surface area contributed by atoms with Gasteiger partial charge in [0.1, 0.15) is 0 Å². The minimum atomic E-state index is 0.273. The van der Waals surface area contributed by atoms with Gasteiger partial charge >= 0.3 is 0 Å². The monoisotopic (exact) mass is 439 g/mol. The first-order chi connectivity index (χ1) is 16.0. The Morgan fingerprint density at radius 2 is 1.82 bits per heavy atom. The molecule has 1 aliphatic heterocycles. The highest BCUT2D eigenvalue weighted by Crippen LogP contribution is 2.28. The largest absolute Gasteiger partial charge is 0.368 e. The summed E-state index contributed by atoms with van der Waals surface area (Å²) in [4.78, 5) is 13.2. The lowest BCUT2D eigenvalue weighted by molar-refractivity contribution is 0.148. The van der Waals surface area contributed by atoms with Gasteiger partial charge in [-0.3, -0.25) is 10.00 Å². The van der Waals surface area contributed by atoms with Crippen molar-refractivity contribution in [2.75, 3.05) is 39.0 Å². The molecule has 168 valence electrons. The van der Waals surface area contributed by atoms with Gasteiger partial charge in [-0.2, -0.15) is 5.10 Å². The Labute approximate surface area is 194 Å². The second-order valence-corrected chi connectivity index (χ2v) is 8.78. The Balaban J connectivity index is 1.32. The number of fused-ring (bicyclic) bond motifs is 1. The summed E-state index contributed by atoms with van der Waals surface area (Å²) in [5, 5.41) is 8.76. The van der Waals surface area contributed by atoms with Crippen molar-refractivity contribution in [2.24, 2.45) is 0 Å². The highest BCUT2D eigenvalue weighted by Gasteiger charge is 2.14. The minimum Gasteiger partial charge on any atom is -0.368 e. The molecule has 0 amide bonds. The first-order valence-electron chi connectivity index (χ1n) is 11.3. The average Bonchev–Trinajstić information content (AvgIpc) is 3.21. The quantitative estimate of drug-likeness (QED) is 0.492. The van der Waals surface area contributed by atoms with Gasteiger partial charge in [0.15, 0.2) is 0 Å². The van der Waals surface area contributed by atoms with E-state index in [0.29, 0.717) is 0 Å². The minimum absolute atomic E-state index is 0.273. The predicted octanol–water partition coefficient (Wildman–Crippen LogP) is 3.83. The number of rotatable bonds is 5. The van der Waals surface area contributed by atoms with Crippen molar-refractivity contribution in [3.63, 3.8) is 0 Å². The van der Waals surface area contributed by atoms with E-state index in [0.717, 1.165) is 71.7 Å². The van der Waals surface area contributed by atoms with Gasteiger partial charge in [0.05, 0.1) is 16.9 Å². The van der Waals surface area contributed by atoms with Crippen molar-refractivity contribution in [1.82, 2.24) is 30.0 Å². The average molecular weight is 440 g/mol. The highest BCUT2D eigenvalue weighted by molar-refractivity contribution is 5.93. The van der Waals surface area contributed by atoms with Crippen LogP contribution >= 0.6 is 0 Å². The standard InChI is InChI=1S/C26H29N7/c1-18-15-22-24(30-31-25(22)16-21(18)23-9-10-28-26(27)29-23)8-7-19-3-5-20(6-4-19)17-33-13-11-32(2)12-14-33/h3-10,15-16H,11-14,17H2,1-2H3,(H,30,31)(H2,27,28,29)/b8-7+. The van der Waals surface area contributed by atoms with Gasteiger partial charge in [-0.05, 0) is 54.9 Å². The number of anilines is 1. The summed E-state index contributed by atoms with van der Waals surface area (Å²) in [6.07, 6.45) is 5.86. The van der Waals surface area contributed by atoms with E-state index in [1.54, 1.807) is 6.20 Å². The van der Waals surface area contributed by atoms with Gasteiger partial charge in [0, 0.05) is 49.9 Å². The molecule has 0 bridgehead atoms. The maximum Gasteiger partial charge on any atom is 0.220 e. The third kappa shape index (κ3) is 4.79. The molecule has 4 aromatic rings. The molecule has 0 saturated carbocycles. The molecular formula is C26H29N7. The molecule has 0 unspecified atom stereocenters. The number of likely N-dealkylation sites (N-methyl/N-ethyl adjacent to an activating group) is 1. The number of aromatic amines is 1. The van der Waals surface area contributed by atoms with Crippen molar-refractivity contribution in [3.8, 4) is 11.3 Å². The number of nitrogen functional groups attached to an aromatic ring is 1. The number of nitrogens with two attached hydrogens (primary N) is 1. The van der Waals surface area contributed by atoms with Crippen LogP contribution in [0.25, 0.3) is 34.3 Å². The Hall–Kier alpha value is -3.55. The van der Waals surface area contributed by atoms with Crippen LogP contribution in [0.2, 0.25) is 0 Å². The summed E-state index contributed by atoms with van der Waals surface area (Å²) in [6, 6.07) is 14.9. The van der Waals surface area contributed by atoms with Crippen molar-refractivity contribution in [2.45, 2.75) is 13.5 Å². The Bertz CT molecular complexity index is 1280. The van der Waals surface area contributed by atoms with Gasteiger partial charge < -0.3 is 10.6 Å². The van der Waals surface area contributed by atoms with Crippen LogP contribution in [0.3, 0.4) is 0 Å². The highest BCUT2D eigenvalue weighted by atomic mass is 15.2. The van der Waals surface area contributed by atoms with Gasteiger partial charge in [0.2, 0.25) is 5.95 Å². The van der Waals surface area contributed by atoms with Crippen LogP contribution in [0.5, 0.6) is 0 Å². The molecule has 33 heavy (non-hydrogen) atoms. The summed E-state index contributed by atoms with van der Waals surface area (Å²) >= 11 is 0. The van der Waals surface area contributed by atoms with Crippen LogP contribution in [-0.4, -0.2) is 63.2 Å². The molecule has 2 aromatic heterocycles. The Morgan fingerprint density at radius 3 is 2.58 bits per heavy atom. The molecule has 0 aliphatic carbocycles. The zero-order valence-corrected chi connectivity index (χ0v) is 19.1. The van der Waals surface area contributed by atoms with Crippen LogP contribution < -0.4 is 5.73 Å². The molecule has 0 atom stereocenters. The van der Waals surface area contributed by atoms with E-state index in [1.807, 2.05) is 6.07 Å². The maximum atomic E-state index is 5.76. The first kappa shape index (κ1) is 21.3. The fraction of sp³-hybridized carbons (Fsp3) is 0.269. The molecule has 0 spiro atoms. The summed E-state index contributed by atoms with van der Waals surface area (Å²) < 4.78 is 0. The number of benzene rings is 2. The maximum absolute atomic E-state index is 5.76. The lowest BCUT2D eigenvalue weighted by atomic mass is 10.0. The number of hydrogen-bond acceptors (Lipinski definition) is 6. The van der Waals surface area contributed by atoms with E-state index in [9.17, 15) is 0 Å². The second kappa shape index (κ2) is 9.13. The number of H-pyrrole nitrogens is 1. The van der Waals surface area contributed by atoms with Crippen molar-refractivity contribution < 1.29 is 0 Å². The molecule has 2 aromatic carbocycles. The predicted molar refractivity (Wildman–Crippen MR) is 134 cm³/mol. The Kier molecular flexibility index (Phi) is 5.90. The van der Waals surface area contributed by atoms with Gasteiger partial charge in [-0.25, -0.2) is 9.97 Å². The van der Waals surface area contributed by atoms with Gasteiger partial charge in [-0.15, -0.1) is 0 Å². The fourth-order valence-electron chi connectivity index (χ4n) is 4.29. The van der Waals surface area contributed by atoms with E-state index in [4.69, 9.17) is 5.73 Å². The number of piperazine rings is 1. The molecule has 3 N–H and O–H groups in total. The molecular weight excluding hydrogens is 410 g/mol. The Morgan fingerprint density at radius 1 is 1.03 bits per heavy atom. The van der Waals surface area contributed by atoms with Crippen molar-refractivity contribution in [3.05, 3.63) is 71.0 Å². The van der Waals surface area contributed by atoms with Crippen LogP contribution in [0.15, 0.2) is 48.7 Å².